The summed E-state index contributed by atoms with van der Waals surface area (Å²) in [5.74, 6) is -0.408. The largest absolute Gasteiger partial charge is 0.464 e. The van der Waals surface area contributed by atoms with Gasteiger partial charge in [-0.3, -0.25) is 4.98 Å². The number of nitrogens with zero attached hydrogens (tertiary/aromatic N) is 2. The normalized spacial score (nSPS) is 12.4. The highest BCUT2D eigenvalue weighted by atomic mass is 35.5. The fourth-order valence-corrected chi connectivity index (χ4v) is 4.76. The van der Waals surface area contributed by atoms with Crippen LogP contribution in [0.2, 0.25) is 5.02 Å². The van der Waals surface area contributed by atoms with Crippen LogP contribution in [0.5, 0.6) is 0 Å². The number of carbonyl (C=O) groups excluding carboxylic acids is 1. The van der Waals surface area contributed by atoms with Crippen LogP contribution in [0.1, 0.15) is 50.6 Å². The number of fused-ring (bicyclic) bond motifs is 1. The number of hydrogen-bond acceptors (Lipinski definition) is 5. The summed E-state index contributed by atoms with van der Waals surface area (Å²) in [5, 5.41) is 1.58. The smallest absolute Gasteiger partial charge is 0.339 e. The van der Waals surface area contributed by atoms with Gasteiger partial charge in [0.2, 0.25) is 0 Å². The minimum atomic E-state index is -0.895. The van der Waals surface area contributed by atoms with Crippen LogP contribution in [0, 0.1) is 6.92 Å². The average Bonchev–Trinajstić information content (AvgIpc) is 2.87. The molecule has 1 heterocycles. The topological polar surface area (TPSA) is 51.7 Å². The van der Waals surface area contributed by atoms with E-state index in [1.165, 1.54) is 0 Å². The maximum Gasteiger partial charge on any atom is 0.339 e. The van der Waals surface area contributed by atoms with Gasteiger partial charge in [-0.2, -0.15) is 0 Å². The number of rotatable bonds is 8. The predicted octanol–water partition coefficient (Wildman–Crippen LogP) is 7.92. The van der Waals surface area contributed by atoms with Crippen LogP contribution in [0.25, 0.3) is 22.0 Å². The second-order valence-electron chi connectivity index (χ2n) is 10.4. The first kappa shape index (κ1) is 27.6. The molecule has 0 amide bonds. The minimum absolute atomic E-state index is 0.269. The standard InChI is InChI=1S/C32H35ClN2O3/c1-7-37-31(36)30(38-32(3,4)5)28-21(2)19-27-26(29(28)22-13-15-23(33)16-14-22)18-17-24(34-27)20-35(6)25-11-9-8-10-12-25/h8-19,30H,7,20H2,1-6H3/t30-/m0/s1. The van der Waals surface area contributed by atoms with Crippen molar-refractivity contribution in [3.63, 3.8) is 0 Å². The first-order valence-corrected chi connectivity index (χ1v) is 13.2. The average molecular weight is 531 g/mol. The Balaban J connectivity index is 1.89. The van der Waals surface area contributed by atoms with Crippen molar-refractivity contribution in [1.82, 2.24) is 4.98 Å². The van der Waals surface area contributed by atoms with Gasteiger partial charge in [0.05, 0.1) is 30.0 Å². The summed E-state index contributed by atoms with van der Waals surface area (Å²) >= 11 is 6.23. The molecule has 5 nitrogen and oxygen atoms in total. The van der Waals surface area contributed by atoms with Crippen molar-refractivity contribution in [3.05, 3.63) is 94.6 Å². The second kappa shape index (κ2) is 11.5. The minimum Gasteiger partial charge on any atom is -0.464 e. The lowest BCUT2D eigenvalue weighted by Crippen LogP contribution is -2.29. The zero-order chi connectivity index (χ0) is 27.4. The first-order valence-electron chi connectivity index (χ1n) is 12.9. The zero-order valence-corrected chi connectivity index (χ0v) is 23.7. The van der Waals surface area contributed by atoms with E-state index in [1.54, 1.807) is 6.92 Å². The van der Waals surface area contributed by atoms with E-state index in [2.05, 4.69) is 30.1 Å². The van der Waals surface area contributed by atoms with E-state index >= 15 is 0 Å². The van der Waals surface area contributed by atoms with E-state index in [-0.39, 0.29) is 6.61 Å². The van der Waals surface area contributed by atoms with E-state index < -0.39 is 17.7 Å². The number of hydrogen-bond donors (Lipinski definition) is 0. The van der Waals surface area contributed by atoms with Crippen molar-refractivity contribution >= 4 is 34.2 Å². The van der Waals surface area contributed by atoms with E-state index in [0.29, 0.717) is 11.6 Å². The van der Waals surface area contributed by atoms with Gasteiger partial charge in [0.25, 0.3) is 0 Å². The van der Waals surface area contributed by atoms with Gasteiger partial charge in [0.15, 0.2) is 6.10 Å². The molecule has 0 radical (unpaired) electrons. The molecular weight excluding hydrogens is 496 g/mol. The van der Waals surface area contributed by atoms with Crippen molar-refractivity contribution in [2.45, 2.75) is 52.9 Å². The van der Waals surface area contributed by atoms with Crippen molar-refractivity contribution in [2.24, 2.45) is 0 Å². The van der Waals surface area contributed by atoms with Gasteiger partial charge < -0.3 is 14.4 Å². The fraction of sp³-hybridized carbons (Fsp3) is 0.312. The Morgan fingerprint density at radius 1 is 1.03 bits per heavy atom. The highest BCUT2D eigenvalue weighted by molar-refractivity contribution is 6.30. The lowest BCUT2D eigenvalue weighted by Gasteiger charge is -2.29. The molecule has 38 heavy (non-hydrogen) atoms. The summed E-state index contributed by atoms with van der Waals surface area (Å²) in [5.41, 5.74) is 5.88. The molecule has 4 rings (SSSR count). The van der Waals surface area contributed by atoms with E-state index in [4.69, 9.17) is 26.1 Å². The molecule has 6 heteroatoms. The Labute approximate surface area is 230 Å². The fourth-order valence-electron chi connectivity index (χ4n) is 4.63. The van der Waals surface area contributed by atoms with Crippen LogP contribution in [0.15, 0.2) is 72.8 Å². The quantitative estimate of drug-likeness (QED) is 0.216. The third-order valence-corrected chi connectivity index (χ3v) is 6.51. The van der Waals surface area contributed by atoms with Crippen LogP contribution in [0.3, 0.4) is 0 Å². The Hall–Kier alpha value is -3.41. The van der Waals surface area contributed by atoms with Gasteiger partial charge in [-0.15, -0.1) is 0 Å². The number of esters is 1. The lowest BCUT2D eigenvalue weighted by atomic mass is 9.88. The molecule has 0 N–H and O–H groups in total. The van der Waals surface area contributed by atoms with Gasteiger partial charge in [0, 0.05) is 28.7 Å². The number of carbonyl (C=O) groups is 1. The molecule has 0 aliphatic rings. The number of anilines is 1. The summed E-state index contributed by atoms with van der Waals surface area (Å²) in [6.45, 7) is 10.5. The molecule has 198 valence electrons. The Morgan fingerprint density at radius 3 is 2.34 bits per heavy atom. The molecule has 1 atom stereocenters. The third-order valence-electron chi connectivity index (χ3n) is 6.26. The van der Waals surface area contributed by atoms with Crippen LogP contribution >= 0.6 is 11.6 Å². The molecular formula is C32H35ClN2O3. The van der Waals surface area contributed by atoms with Crippen molar-refractivity contribution in [1.29, 1.82) is 0 Å². The molecule has 0 unspecified atom stereocenters. The highest BCUT2D eigenvalue weighted by Gasteiger charge is 2.33. The molecule has 0 aliphatic heterocycles. The molecule has 4 aromatic rings. The number of aromatic nitrogens is 1. The Morgan fingerprint density at radius 2 is 1.71 bits per heavy atom. The molecule has 0 saturated heterocycles. The van der Waals surface area contributed by atoms with Crippen molar-refractivity contribution < 1.29 is 14.3 Å². The van der Waals surface area contributed by atoms with E-state index in [1.807, 2.05) is 82.3 Å². The number of ether oxygens (including phenoxy) is 2. The molecule has 0 spiro atoms. The van der Waals surface area contributed by atoms with Crippen molar-refractivity contribution in [2.75, 3.05) is 18.6 Å². The molecule has 0 bridgehead atoms. The predicted molar refractivity (Wildman–Crippen MR) is 156 cm³/mol. The highest BCUT2D eigenvalue weighted by Crippen LogP contribution is 2.41. The maximum absolute atomic E-state index is 13.3. The summed E-state index contributed by atoms with van der Waals surface area (Å²) in [6, 6.07) is 24.1. The maximum atomic E-state index is 13.3. The zero-order valence-electron chi connectivity index (χ0n) is 22.9. The Kier molecular flexibility index (Phi) is 8.39. The van der Waals surface area contributed by atoms with Gasteiger partial charge in [-0.05, 0) is 87.7 Å². The Bertz CT molecular complexity index is 1410. The van der Waals surface area contributed by atoms with Crippen molar-refractivity contribution in [3.8, 4) is 11.1 Å². The summed E-state index contributed by atoms with van der Waals surface area (Å²) < 4.78 is 11.8. The molecule has 0 aliphatic carbocycles. The van der Waals surface area contributed by atoms with Crippen LogP contribution in [-0.4, -0.2) is 30.2 Å². The number of pyridine rings is 1. The lowest BCUT2D eigenvalue weighted by molar-refractivity contribution is -0.166. The molecule has 3 aromatic carbocycles. The monoisotopic (exact) mass is 530 g/mol. The van der Waals surface area contributed by atoms with Crippen LogP contribution < -0.4 is 4.90 Å². The number of para-hydroxylation sites is 1. The van der Waals surface area contributed by atoms with E-state index in [9.17, 15) is 4.79 Å². The third kappa shape index (κ3) is 6.35. The SMILES string of the molecule is CCOC(=O)[C@@H](OC(C)(C)C)c1c(C)cc2nc(CN(C)c3ccccc3)ccc2c1-c1ccc(Cl)cc1. The summed E-state index contributed by atoms with van der Waals surface area (Å²) in [7, 11) is 2.06. The van der Waals surface area contributed by atoms with E-state index in [0.717, 1.165) is 44.5 Å². The van der Waals surface area contributed by atoms with Gasteiger partial charge in [-0.1, -0.05) is 48.0 Å². The number of halogens is 1. The summed E-state index contributed by atoms with van der Waals surface area (Å²) in [4.78, 5) is 20.5. The van der Waals surface area contributed by atoms with Crippen LogP contribution in [-0.2, 0) is 20.8 Å². The van der Waals surface area contributed by atoms with Gasteiger partial charge in [-0.25, -0.2) is 4.79 Å². The second-order valence-corrected chi connectivity index (χ2v) is 10.8. The van der Waals surface area contributed by atoms with Gasteiger partial charge >= 0.3 is 5.97 Å². The molecule has 0 saturated carbocycles. The molecule has 1 aromatic heterocycles. The first-order chi connectivity index (χ1) is 18.1. The molecule has 0 fully saturated rings. The van der Waals surface area contributed by atoms with Crippen LogP contribution in [0.4, 0.5) is 5.69 Å². The summed E-state index contributed by atoms with van der Waals surface area (Å²) in [6.07, 6.45) is -0.895. The van der Waals surface area contributed by atoms with Gasteiger partial charge in [0.1, 0.15) is 0 Å². The number of benzene rings is 3. The number of aryl methyl sites for hydroxylation is 1.